The Morgan fingerprint density at radius 2 is 2.03 bits per heavy atom. The van der Waals surface area contributed by atoms with Crippen molar-refractivity contribution < 1.29 is 9.90 Å². The fraction of sp³-hybridized carbons (Fsp3) is 0.111. The maximum absolute atomic E-state index is 13.4. The molecule has 1 unspecified atom stereocenters. The van der Waals surface area contributed by atoms with Crippen molar-refractivity contribution in [3.05, 3.63) is 106 Å². The summed E-state index contributed by atoms with van der Waals surface area (Å²) in [6, 6.07) is 16.2. The smallest absolute Gasteiger partial charge is 0.328 e. The molecule has 0 amide bonds. The highest BCUT2D eigenvalue weighted by molar-refractivity contribution is 6.31. The second-order valence-electron chi connectivity index (χ2n) is 8.89. The number of H-pyrrole nitrogens is 1. The molecule has 0 bridgehead atoms. The van der Waals surface area contributed by atoms with Crippen LogP contribution < -0.4 is 5.56 Å². The van der Waals surface area contributed by atoms with Crippen molar-refractivity contribution in [3.8, 4) is 28.1 Å². The molecular formula is C27H20ClN7O3. The van der Waals surface area contributed by atoms with Crippen LogP contribution in [0.1, 0.15) is 29.5 Å². The molecule has 3 aromatic heterocycles. The number of nitrogens with zero attached hydrogens (tertiary/aromatic N) is 6. The van der Waals surface area contributed by atoms with E-state index >= 15 is 0 Å². The molecule has 188 valence electrons. The second-order valence-corrected chi connectivity index (χ2v) is 9.33. The van der Waals surface area contributed by atoms with Crippen LogP contribution in [-0.2, 0) is 11.2 Å². The number of aliphatic carboxylic acids is 1. The minimum Gasteiger partial charge on any atom is -0.478 e. The Labute approximate surface area is 220 Å². The number of aryl methyl sites for hydroxylation is 1. The summed E-state index contributed by atoms with van der Waals surface area (Å²) in [4.78, 5) is 32.2. The summed E-state index contributed by atoms with van der Waals surface area (Å²) < 4.78 is 3.32. The average molecular weight is 526 g/mol. The molecule has 38 heavy (non-hydrogen) atoms. The Morgan fingerprint density at radius 3 is 2.84 bits per heavy atom. The number of aromatic amines is 1. The van der Waals surface area contributed by atoms with E-state index in [4.69, 9.17) is 16.7 Å². The van der Waals surface area contributed by atoms with Crippen LogP contribution in [0, 0.1) is 0 Å². The quantitative estimate of drug-likeness (QED) is 0.318. The number of carboxylic acids is 1. The largest absolute Gasteiger partial charge is 0.478 e. The average Bonchev–Trinajstić information content (AvgIpc) is 3.68. The number of halogens is 1. The molecule has 0 radical (unpaired) electrons. The molecule has 1 aliphatic rings. The fourth-order valence-electron chi connectivity index (χ4n) is 4.85. The summed E-state index contributed by atoms with van der Waals surface area (Å²) in [7, 11) is 0. The van der Waals surface area contributed by atoms with Gasteiger partial charge in [-0.3, -0.25) is 4.79 Å². The number of fused-ring (bicyclic) bond motifs is 1. The first-order chi connectivity index (χ1) is 18.5. The van der Waals surface area contributed by atoms with Crippen LogP contribution in [0.25, 0.3) is 34.1 Å². The number of rotatable bonds is 6. The molecule has 10 nitrogen and oxygen atoms in total. The Kier molecular flexibility index (Phi) is 5.93. The zero-order chi connectivity index (χ0) is 26.2. The number of tetrazole rings is 1. The number of pyridine rings is 1. The number of nitrogens with one attached hydrogen (secondary N) is 1. The van der Waals surface area contributed by atoms with E-state index in [2.05, 4.69) is 25.5 Å². The van der Waals surface area contributed by atoms with Crippen molar-refractivity contribution >= 4 is 23.6 Å². The molecule has 0 saturated carbocycles. The summed E-state index contributed by atoms with van der Waals surface area (Å²) in [6.07, 6.45) is 7.30. The van der Waals surface area contributed by atoms with Crippen LogP contribution in [0.3, 0.4) is 0 Å². The molecule has 2 aromatic carbocycles. The van der Waals surface area contributed by atoms with Crippen LogP contribution >= 0.6 is 11.6 Å². The predicted molar refractivity (Wildman–Crippen MR) is 141 cm³/mol. The Bertz CT molecular complexity index is 1750. The van der Waals surface area contributed by atoms with Crippen LogP contribution in [-0.4, -0.2) is 45.8 Å². The number of aromatic nitrogens is 7. The standard InChI is InChI=1S/C27H20ClN7O3/c28-19-5-7-23(34-15-30-32-33-34)21(13-19)18-11-20-6-8-24(35(20)25(36)12-18)27-29-14-22(31-27)17-3-1-2-16(10-17)4-9-26(37)38/h1-5,7,9-15,24H,6,8H2,(H,29,31)(H,37,38). The molecule has 5 aromatic rings. The van der Waals surface area contributed by atoms with Crippen molar-refractivity contribution in [3.63, 3.8) is 0 Å². The van der Waals surface area contributed by atoms with Gasteiger partial charge in [-0.05, 0) is 70.8 Å². The van der Waals surface area contributed by atoms with Crippen LogP contribution in [0.2, 0.25) is 5.02 Å². The highest BCUT2D eigenvalue weighted by Crippen LogP contribution is 2.34. The van der Waals surface area contributed by atoms with E-state index in [-0.39, 0.29) is 11.6 Å². The van der Waals surface area contributed by atoms with Gasteiger partial charge in [-0.25, -0.2) is 9.78 Å². The Balaban J connectivity index is 1.34. The number of imidazole rings is 1. The third-order valence-corrected chi connectivity index (χ3v) is 6.76. The molecule has 0 fully saturated rings. The summed E-state index contributed by atoms with van der Waals surface area (Å²) >= 11 is 6.30. The van der Waals surface area contributed by atoms with Gasteiger partial charge in [0.15, 0.2) is 0 Å². The van der Waals surface area contributed by atoms with Crippen molar-refractivity contribution in [2.24, 2.45) is 0 Å². The topological polar surface area (TPSA) is 132 Å². The van der Waals surface area contributed by atoms with Gasteiger partial charge in [0.2, 0.25) is 0 Å². The lowest BCUT2D eigenvalue weighted by atomic mass is 10.0. The highest BCUT2D eigenvalue weighted by atomic mass is 35.5. The summed E-state index contributed by atoms with van der Waals surface area (Å²) in [5.41, 5.74) is 5.39. The molecule has 2 N–H and O–H groups in total. The lowest BCUT2D eigenvalue weighted by Gasteiger charge is -2.15. The Hall–Kier alpha value is -4.83. The molecule has 1 aliphatic heterocycles. The number of carbonyl (C=O) groups is 1. The number of benzene rings is 2. The number of carboxylic acid groups (broad SMARTS) is 1. The first kappa shape index (κ1) is 23.6. The summed E-state index contributed by atoms with van der Waals surface area (Å²) in [5, 5.41) is 20.9. The molecule has 4 heterocycles. The fourth-order valence-corrected chi connectivity index (χ4v) is 5.02. The van der Waals surface area contributed by atoms with E-state index in [9.17, 15) is 9.59 Å². The molecule has 1 atom stereocenters. The number of hydrogen-bond acceptors (Lipinski definition) is 6. The van der Waals surface area contributed by atoms with Crippen LogP contribution in [0.5, 0.6) is 0 Å². The minimum absolute atomic E-state index is 0.138. The van der Waals surface area contributed by atoms with Gasteiger partial charge in [-0.15, -0.1) is 5.10 Å². The van der Waals surface area contributed by atoms with Crippen LogP contribution in [0.15, 0.2) is 78.0 Å². The van der Waals surface area contributed by atoms with Gasteiger partial charge in [0.25, 0.3) is 5.56 Å². The van der Waals surface area contributed by atoms with Crippen molar-refractivity contribution in [2.45, 2.75) is 18.9 Å². The third kappa shape index (κ3) is 4.41. The summed E-state index contributed by atoms with van der Waals surface area (Å²) in [6.45, 7) is 0. The number of hydrogen-bond donors (Lipinski definition) is 2. The van der Waals surface area contributed by atoms with Gasteiger partial charge in [0, 0.05) is 34.0 Å². The third-order valence-electron chi connectivity index (χ3n) is 6.53. The van der Waals surface area contributed by atoms with E-state index in [1.165, 1.54) is 17.1 Å². The Morgan fingerprint density at radius 1 is 1.13 bits per heavy atom. The molecule has 11 heteroatoms. The molecule has 0 spiro atoms. The van der Waals surface area contributed by atoms with Crippen molar-refractivity contribution in [1.82, 2.24) is 34.7 Å². The zero-order valence-corrected chi connectivity index (χ0v) is 20.6. The molecule has 0 saturated heterocycles. The SMILES string of the molecule is O=C(O)C=Cc1cccc(-c2cnc(C3CCc4cc(-c5cc(Cl)ccc5-n5cnnn5)cc(=O)n43)[nH]2)c1. The monoisotopic (exact) mass is 525 g/mol. The maximum Gasteiger partial charge on any atom is 0.328 e. The van der Waals surface area contributed by atoms with Gasteiger partial charge in [-0.1, -0.05) is 29.8 Å². The van der Waals surface area contributed by atoms with Crippen molar-refractivity contribution in [1.29, 1.82) is 0 Å². The van der Waals surface area contributed by atoms with Gasteiger partial charge >= 0.3 is 5.97 Å². The van der Waals surface area contributed by atoms with Crippen molar-refractivity contribution in [2.75, 3.05) is 0 Å². The van der Waals surface area contributed by atoms with Gasteiger partial charge in [-0.2, -0.15) is 4.68 Å². The van der Waals surface area contributed by atoms with Crippen LogP contribution in [0.4, 0.5) is 0 Å². The zero-order valence-electron chi connectivity index (χ0n) is 19.8. The lowest BCUT2D eigenvalue weighted by Crippen LogP contribution is -2.23. The van der Waals surface area contributed by atoms with E-state index in [1.807, 2.05) is 36.4 Å². The first-order valence-electron chi connectivity index (χ1n) is 11.8. The molecule has 0 aliphatic carbocycles. The lowest BCUT2D eigenvalue weighted by molar-refractivity contribution is -0.131. The first-order valence-corrected chi connectivity index (χ1v) is 12.2. The van der Waals surface area contributed by atoms with Gasteiger partial charge in [0.1, 0.15) is 12.2 Å². The predicted octanol–water partition coefficient (Wildman–Crippen LogP) is 4.17. The normalized spacial score (nSPS) is 14.7. The molecule has 6 rings (SSSR count). The molecular weight excluding hydrogens is 506 g/mol. The minimum atomic E-state index is -1.00. The highest BCUT2D eigenvalue weighted by Gasteiger charge is 2.28. The summed E-state index contributed by atoms with van der Waals surface area (Å²) in [5.74, 6) is -0.313. The van der Waals surface area contributed by atoms with E-state index < -0.39 is 5.97 Å². The van der Waals surface area contributed by atoms with E-state index in [1.54, 1.807) is 29.0 Å². The van der Waals surface area contributed by atoms with Gasteiger partial charge in [0.05, 0.1) is 23.6 Å². The van der Waals surface area contributed by atoms with E-state index in [0.29, 0.717) is 17.3 Å². The van der Waals surface area contributed by atoms with E-state index in [0.717, 1.165) is 51.8 Å². The second kappa shape index (κ2) is 9.56. The maximum atomic E-state index is 13.4. The van der Waals surface area contributed by atoms with Gasteiger partial charge < -0.3 is 14.7 Å².